The molecular formula is C19H16BrClN2O5. The molecule has 0 unspecified atom stereocenters. The number of hydrogen-bond acceptors (Lipinski definition) is 6. The lowest BCUT2D eigenvalue weighted by Crippen LogP contribution is -2.28. The number of ether oxygens (including phenoxy) is 2. The number of nitrogens with zero attached hydrogens (tertiary/aromatic N) is 2. The van der Waals surface area contributed by atoms with Crippen LogP contribution in [0.2, 0.25) is 5.02 Å². The largest absolute Gasteiger partial charge is 0.480 e. The van der Waals surface area contributed by atoms with Gasteiger partial charge in [-0.3, -0.25) is 9.59 Å². The van der Waals surface area contributed by atoms with Gasteiger partial charge in [0.25, 0.3) is 11.8 Å². The van der Waals surface area contributed by atoms with Crippen LogP contribution in [0.3, 0.4) is 0 Å². The van der Waals surface area contributed by atoms with Crippen LogP contribution in [0, 0.1) is 23.7 Å². The topological polar surface area (TPSA) is 85.3 Å². The minimum atomic E-state index is -0.551. The molecule has 0 radical (unpaired) electrons. The maximum atomic E-state index is 12.7. The van der Waals surface area contributed by atoms with Crippen molar-refractivity contribution in [3.05, 3.63) is 39.3 Å². The molecule has 9 heteroatoms. The van der Waals surface area contributed by atoms with Gasteiger partial charge in [0.05, 0.1) is 29.6 Å². The second kappa shape index (κ2) is 7.33. The van der Waals surface area contributed by atoms with E-state index in [1.54, 1.807) is 12.1 Å². The zero-order chi connectivity index (χ0) is 20.0. The maximum absolute atomic E-state index is 12.7. The minimum Gasteiger partial charge on any atom is -0.480 e. The van der Waals surface area contributed by atoms with Gasteiger partial charge in [-0.2, -0.15) is 10.1 Å². The Kier molecular flexibility index (Phi) is 5.01. The van der Waals surface area contributed by atoms with Gasteiger partial charge >= 0.3 is 5.97 Å². The molecular weight excluding hydrogens is 452 g/mol. The zero-order valence-electron chi connectivity index (χ0n) is 14.8. The summed E-state index contributed by atoms with van der Waals surface area (Å²) in [6.45, 7) is -0.307. The van der Waals surface area contributed by atoms with Crippen molar-refractivity contribution in [2.45, 2.75) is 6.42 Å². The highest BCUT2D eigenvalue weighted by Crippen LogP contribution is 2.52. The molecule has 2 bridgehead atoms. The van der Waals surface area contributed by atoms with Crippen molar-refractivity contribution >= 4 is 51.5 Å². The van der Waals surface area contributed by atoms with Gasteiger partial charge in [-0.15, -0.1) is 0 Å². The van der Waals surface area contributed by atoms with Gasteiger partial charge in [0, 0.05) is 10.6 Å². The monoisotopic (exact) mass is 466 g/mol. The molecule has 4 rings (SSSR count). The summed E-state index contributed by atoms with van der Waals surface area (Å²) in [6.07, 6.45) is 6.25. The Hall–Kier alpha value is -2.19. The predicted molar refractivity (Wildman–Crippen MR) is 104 cm³/mol. The number of allylic oxidation sites excluding steroid dienone is 2. The van der Waals surface area contributed by atoms with Crippen molar-refractivity contribution in [2.24, 2.45) is 28.8 Å². The lowest BCUT2D eigenvalue weighted by Gasteiger charge is -2.13. The van der Waals surface area contributed by atoms with Crippen LogP contribution in [0.5, 0.6) is 5.75 Å². The fourth-order valence-electron chi connectivity index (χ4n) is 4.14. The number of fused-ring (bicyclic) bond motifs is 5. The van der Waals surface area contributed by atoms with Gasteiger partial charge in [-0.1, -0.05) is 23.8 Å². The molecule has 1 saturated heterocycles. The van der Waals surface area contributed by atoms with E-state index in [9.17, 15) is 14.4 Å². The van der Waals surface area contributed by atoms with Crippen LogP contribution in [0.25, 0.3) is 0 Å². The molecule has 0 spiro atoms. The quantitative estimate of drug-likeness (QED) is 0.288. The Balaban J connectivity index is 1.59. The summed E-state index contributed by atoms with van der Waals surface area (Å²) in [6, 6.07) is 3.17. The summed E-state index contributed by atoms with van der Waals surface area (Å²) in [5.74, 6) is -1.20. The number of rotatable bonds is 5. The van der Waals surface area contributed by atoms with E-state index < -0.39 is 5.97 Å². The highest BCUT2D eigenvalue weighted by atomic mass is 79.9. The number of hydrogen-bond donors (Lipinski definition) is 0. The van der Waals surface area contributed by atoms with Crippen LogP contribution < -0.4 is 4.74 Å². The van der Waals surface area contributed by atoms with E-state index in [-0.39, 0.29) is 42.1 Å². The number of carbonyl (C=O) groups excluding carboxylic acids is 3. The van der Waals surface area contributed by atoms with Crippen LogP contribution >= 0.6 is 27.5 Å². The van der Waals surface area contributed by atoms with Crippen LogP contribution in [0.4, 0.5) is 0 Å². The van der Waals surface area contributed by atoms with Crippen molar-refractivity contribution in [1.82, 2.24) is 5.01 Å². The molecule has 3 aliphatic rings. The summed E-state index contributed by atoms with van der Waals surface area (Å²) in [7, 11) is 1.26. The van der Waals surface area contributed by atoms with Gasteiger partial charge < -0.3 is 9.47 Å². The lowest BCUT2D eigenvalue weighted by molar-refractivity contribution is -0.143. The predicted octanol–water partition coefficient (Wildman–Crippen LogP) is 2.80. The molecule has 0 aromatic heterocycles. The Labute approximate surface area is 174 Å². The number of imide groups is 1. The molecule has 1 saturated carbocycles. The number of halogens is 2. The lowest BCUT2D eigenvalue weighted by atomic mass is 9.85. The third-order valence-corrected chi connectivity index (χ3v) is 6.17. The van der Waals surface area contributed by atoms with Crippen molar-refractivity contribution in [1.29, 1.82) is 0 Å². The number of carbonyl (C=O) groups is 3. The van der Waals surface area contributed by atoms with Crippen molar-refractivity contribution < 1.29 is 23.9 Å². The molecule has 0 N–H and O–H groups in total. The van der Waals surface area contributed by atoms with Crippen molar-refractivity contribution in [3.63, 3.8) is 0 Å². The molecule has 1 heterocycles. The zero-order valence-corrected chi connectivity index (χ0v) is 17.1. The van der Waals surface area contributed by atoms with E-state index in [2.05, 4.69) is 25.8 Å². The first kappa shape index (κ1) is 19.1. The Morgan fingerprint density at radius 3 is 2.54 bits per heavy atom. The average molecular weight is 468 g/mol. The Morgan fingerprint density at radius 2 is 1.93 bits per heavy atom. The van der Waals surface area contributed by atoms with Crippen LogP contribution in [-0.4, -0.2) is 42.7 Å². The van der Waals surface area contributed by atoms with Gasteiger partial charge in [-0.25, -0.2) is 4.79 Å². The number of esters is 1. The highest BCUT2D eigenvalue weighted by molar-refractivity contribution is 9.10. The molecule has 4 atom stereocenters. The summed E-state index contributed by atoms with van der Waals surface area (Å²) in [4.78, 5) is 36.8. The van der Waals surface area contributed by atoms with Gasteiger partial charge in [-0.05, 0) is 46.3 Å². The standard InChI is InChI=1S/C19H16BrClN2O5/c1-27-14(24)8-28-17-11(5-12(21)6-13(17)20)7-22-23-18(25)15-9-2-3-10(4-9)16(15)19(23)26/h2-3,5-7,9-10,15-16H,4,8H2,1H3/t9-,10-,15-,16+/m0/s1. The summed E-state index contributed by atoms with van der Waals surface area (Å²) < 4.78 is 10.6. The van der Waals surface area contributed by atoms with E-state index in [1.807, 2.05) is 12.2 Å². The van der Waals surface area contributed by atoms with Gasteiger partial charge in [0.1, 0.15) is 5.75 Å². The highest BCUT2D eigenvalue weighted by Gasteiger charge is 2.59. The molecule has 7 nitrogen and oxygen atoms in total. The van der Waals surface area contributed by atoms with E-state index in [4.69, 9.17) is 16.3 Å². The first-order valence-electron chi connectivity index (χ1n) is 8.69. The Bertz CT molecular complexity index is 901. The van der Waals surface area contributed by atoms with Gasteiger partial charge in [0.2, 0.25) is 0 Å². The molecule has 2 aliphatic carbocycles. The van der Waals surface area contributed by atoms with Crippen molar-refractivity contribution in [2.75, 3.05) is 13.7 Å². The second-order valence-corrected chi connectivity index (χ2v) is 8.19. The van der Waals surface area contributed by atoms with E-state index >= 15 is 0 Å². The molecule has 1 aliphatic heterocycles. The van der Waals surface area contributed by atoms with Crippen LogP contribution in [-0.2, 0) is 19.1 Å². The summed E-state index contributed by atoms with van der Waals surface area (Å²) in [5.41, 5.74) is 0.419. The summed E-state index contributed by atoms with van der Waals surface area (Å²) in [5, 5.41) is 5.48. The van der Waals surface area contributed by atoms with Crippen LogP contribution in [0.1, 0.15) is 12.0 Å². The molecule has 2 fully saturated rings. The van der Waals surface area contributed by atoms with E-state index in [0.29, 0.717) is 20.8 Å². The number of benzene rings is 1. The fourth-order valence-corrected chi connectivity index (χ4v) is 5.09. The SMILES string of the molecule is COC(=O)COc1c(Br)cc(Cl)cc1C=NN1C(=O)[C@@H]2[C@H](C1=O)[C@H]1C=C[C@H]2C1. The second-order valence-electron chi connectivity index (χ2n) is 6.90. The minimum absolute atomic E-state index is 0.117. The third-order valence-electron chi connectivity index (χ3n) is 5.36. The molecule has 1 aromatic rings. The normalized spacial score (nSPS) is 27.8. The Morgan fingerprint density at radius 1 is 1.29 bits per heavy atom. The maximum Gasteiger partial charge on any atom is 0.343 e. The first-order chi connectivity index (χ1) is 13.4. The number of methoxy groups -OCH3 is 1. The van der Waals surface area contributed by atoms with Crippen LogP contribution in [0.15, 0.2) is 33.9 Å². The molecule has 28 heavy (non-hydrogen) atoms. The van der Waals surface area contributed by atoms with E-state index in [0.717, 1.165) is 11.4 Å². The fraction of sp³-hybridized carbons (Fsp3) is 0.368. The smallest absolute Gasteiger partial charge is 0.343 e. The number of amides is 2. The molecule has 2 amide bonds. The summed E-state index contributed by atoms with van der Waals surface area (Å²) >= 11 is 9.43. The van der Waals surface area contributed by atoms with Gasteiger partial charge in [0.15, 0.2) is 6.61 Å². The number of hydrazone groups is 1. The molecule has 1 aromatic carbocycles. The average Bonchev–Trinajstić information content (AvgIpc) is 3.33. The third kappa shape index (κ3) is 3.14. The van der Waals surface area contributed by atoms with Crippen molar-refractivity contribution in [3.8, 4) is 5.75 Å². The first-order valence-corrected chi connectivity index (χ1v) is 9.86. The van der Waals surface area contributed by atoms with E-state index in [1.165, 1.54) is 13.3 Å². The molecule has 146 valence electrons.